The molecule has 0 aromatic carbocycles. The Balaban J connectivity index is 0.00000819. The molecule has 3 amide bonds. The molecule has 470 valence electrons. The third-order valence-corrected chi connectivity index (χ3v) is 22.8. The number of carbonyl (C=O) groups is 3. The fraction of sp³-hybridized carbons (Fsp3) is 0.957. The van der Waals surface area contributed by atoms with Gasteiger partial charge in [0, 0.05) is 38.9 Å². The number of rotatable bonds is 51. The molecule has 2 aliphatic carbocycles. The molecule has 3 N–H and O–H groups in total. The van der Waals surface area contributed by atoms with E-state index in [9.17, 15) is 14.4 Å². The Hall–Kier alpha value is -0.190. The average Bonchev–Trinajstić information content (AvgIpc) is 3.57. The molecule has 2 saturated carbocycles. The Bertz CT molecular complexity index is 1350. The fourth-order valence-electron chi connectivity index (χ4n) is 12.4. The molecule has 0 aliphatic heterocycles. The van der Waals surface area contributed by atoms with Crippen LogP contribution in [-0.4, -0.2) is 69.5 Å². The zero-order chi connectivity index (χ0) is 58.6. The maximum atomic E-state index is 13.7. The number of unbranched alkanes of at least 4 members (excludes halogenated alkanes) is 22. The van der Waals surface area contributed by atoms with Gasteiger partial charge >= 0.3 is 0 Å². The van der Waals surface area contributed by atoms with Crippen molar-refractivity contribution in [1.82, 2.24) is 16.0 Å². The summed E-state index contributed by atoms with van der Waals surface area (Å²) in [5.74, 6) is 6.15. The number of carbonyl (C=O) groups excluding carboxylic acids is 3. The van der Waals surface area contributed by atoms with Gasteiger partial charge < -0.3 is 16.0 Å². The second-order valence-corrected chi connectivity index (χ2v) is 31.4. The van der Waals surface area contributed by atoms with Crippen LogP contribution in [0.2, 0.25) is 0 Å². The molecule has 79 heavy (non-hydrogen) atoms. The first-order chi connectivity index (χ1) is 38.3. The monoisotopic (exact) mass is 1180 g/mol. The van der Waals surface area contributed by atoms with E-state index in [1.165, 1.54) is 216 Å². The van der Waals surface area contributed by atoms with Crippen LogP contribution in [0.25, 0.3) is 0 Å². The summed E-state index contributed by atoms with van der Waals surface area (Å²) in [5, 5.41) is 10.2. The first-order valence-corrected chi connectivity index (χ1v) is 38.7. The Morgan fingerprint density at radius 3 is 0.987 bits per heavy atom. The molecule has 0 heterocycles. The third-order valence-electron chi connectivity index (χ3n) is 16.6. The van der Waals surface area contributed by atoms with Crippen molar-refractivity contribution >= 4 is 64.8 Å². The van der Waals surface area contributed by atoms with Crippen molar-refractivity contribution in [2.45, 2.75) is 355 Å². The molecule has 10 heteroatoms. The minimum Gasteiger partial charge on any atom is -0.356 e. The zero-order valence-electron chi connectivity index (χ0n) is 54.7. The second kappa shape index (κ2) is 54.5. The first-order valence-electron chi connectivity index (χ1n) is 34.5. The standard InChI is InChI=1S/C62H119N3O3S4.C4H10.C3H8/c1-8-13-18-22-26-30-45-69-58(70-46-31-27-23-19-14-9-2)37-35-56(67)64-43-40-61(7)50-54-49-60(6,39-42-63-55(66)34-17-12-5)52-62(51-54,53-61)41-44-65-57(68)36-38-59(71-47-32-28-24-20-15-10-3)72-48-33-29-25-21-16-11-4;1-3-4-2;1-3-2/h54,58-59H,8-53H2,1-7H3,(H,63,66)(H,64,67)(H,65,68);3-4H2,1-2H3;3H2,1-2H3. The molecule has 4 atom stereocenters. The van der Waals surface area contributed by atoms with Crippen LogP contribution in [0.4, 0.5) is 0 Å². The van der Waals surface area contributed by atoms with E-state index >= 15 is 0 Å². The van der Waals surface area contributed by atoms with Gasteiger partial charge in [0.2, 0.25) is 17.7 Å². The van der Waals surface area contributed by atoms with Crippen molar-refractivity contribution in [2.24, 2.45) is 22.2 Å². The number of amides is 3. The molecule has 2 fully saturated rings. The van der Waals surface area contributed by atoms with E-state index in [1.807, 2.05) is 0 Å². The van der Waals surface area contributed by atoms with Crippen molar-refractivity contribution in [3.63, 3.8) is 0 Å². The predicted octanol–water partition coefficient (Wildman–Crippen LogP) is 22.1. The van der Waals surface area contributed by atoms with Crippen LogP contribution in [0.15, 0.2) is 0 Å². The molecule has 2 rings (SSSR count). The van der Waals surface area contributed by atoms with Crippen molar-refractivity contribution in [3.05, 3.63) is 0 Å². The van der Waals surface area contributed by atoms with Crippen LogP contribution < -0.4 is 16.0 Å². The molecule has 0 spiro atoms. The number of nitrogens with one attached hydrogen (secondary N) is 3. The van der Waals surface area contributed by atoms with Crippen LogP contribution in [-0.2, 0) is 14.4 Å². The van der Waals surface area contributed by atoms with Crippen molar-refractivity contribution in [1.29, 1.82) is 0 Å². The Morgan fingerprint density at radius 1 is 0.380 bits per heavy atom. The molecular formula is C69H137N3O3S4. The highest BCUT2D eigenvalue weighted by atomic mass is 32.2. The van der Waals surface area contributed by atoms with E-state index in [-0.39, 0.29) is 34.0 Å². The first kappa shape index (κ1) is 78.8. The van der Waals surface area contributed by atoms with Gasteiger partial charge in [-0.1, -0.05) is 230 Å². The summed E-state index contributed by atoms with van der Waals surface area (Å²) in [6.07, 6.45) is 50.8. The van der Waals surface area contributed by atoms with Crippen LogP contribution in [0, 0.1) is 22.2 Å². The van der Waals surface area contributed by atoms with E-state index in [4.69, 9.17) is 0 Å². The Kier molecular flexibility index (Phi) is 54.3. The lowest BCUT2D eigenvalue weighted by Crippen LogP contribution is -2.50. The minimum atomic E-state index is 0.157. The van der Waals surface area contributed by atoms with Gasteiger partial charge in [-0.25, -0.2) is 0 Å². The number of hydrogen-bond acceptors (Lipinski definition) is 7. The highest BCUT2D eigenvalue weighted by Crippen LogP contribution is 2.63. The van der Waals surface area contributed by atoms with E-state index in [2.05, 4.69) is 139 Å². The maximum Gasteiger partial charge on any atom is 0.220 e. The summed E-state index contributed by atoms with van der Waals surface area (Å²) in [6.45, 7) is 27.2. The van der Waals surface area contributed by atoms with Crippen LogP contribution >= 0.6 is 47.0 Å². The smallest absolute Gasteiger partial charge is 0.220 e. The van der Waals surface area contributed by atoms with Gasteiger partial charge in [0.1, 0.15) is 0 Å². The molecule has 0 aromatic rings. The Labute approximate surface area is 511 Å². The zero-order valence-corrected chi connectivity index (χ0v) is 58.0. The summed E-state index contributed by atoms with van der Waals surface area (Å²) in [5.41, 5.74) is 0.487. The summed E-state index contributed by atoms with van der Waals surface area (Å²) < 4.78 is 1.02. The van der Waals surface area contributed by atoms with Gasteiger partial charge in [-0.15, -0.1) is 47.0 Å². The largest absolute Gasteiger partial charge is 0.356 e. The number of fused-ring (bicyclic) bond motifs is 2. The van der Waals surface area contributed by atoms with Gasteiger partial charge in [0.25, 0.3) is 0 Å². The van der Waals surface area contributed by atoms with E-state index in [1.54, 1.807) is 0 Å². The molecule has 0 saturated heterocycles. The fourth-order valence-corrected chi connectivity index (χ4v) is 18.0. The highest BCUT2D eigenvalue weighted by Gasteiger charge is 2.53. The SMILES string of the molecule is CCC.CCCC.CCCCCCCCSC(CCC(=O)NCCC1(C)CC2CC(C)(CCNC(=O)CCCC)CC(CCNC(=O)CCC(SCCCCCCCC)SCCCCCCCC)(C2)C1)SCCCCCCCC. The minimum absolute atomic E-state index is 0.157. The topological polar surface area (TPSA) is 87.3 Å². The molecule has 0 aromatic heterocycles. The summed E-state index contributed by atoms with van der Waals surface area (Å²) in [7, 11) is 0. The summed E-state index contributed by atoms with van der Waals surface area (Å²) >= 11 is 8.48. The van der Waals surface area contributed by atoms with E-state index in [0.717, 1.165) is 77.4 Å². The number of thioether (sulfide) groups is 4. The Morgan fingerprint density at radius 2 is 0.671 bits per heavy atom. The third kappa shape index (κ3) is 45.8. The molecule has 2 aliphatic rings. The molecule has 6 nitrogen and oxygen atoms in total. The van der Waals surface area contributed by atoms with E-state index in [0.29, 0.717) is 34.3 Å². The lowest BCUT2D eigenvalue weighted by molar-refractivity contribution is -0.122. The summed E-state index contributed by atoms with van der Waals surface area (Å²) in [6, 6.07) is 0. The number of hydrogen-bond donors (Lipinski definition) is 3. The van der Waals surface area contributed by atoms with Gasteiger partial charge in [-0.3, -0.25) is 14.4 Å². The molecular weight excluding hydrogens is 1050 g/mol. The lowest BCUT2D eigenvalue weighted by atomic mass is 9.47. The van der Waals surface area contributed by atoms with Gasteiger partial charge in [-0.2, -0.15) is 0 Å². The van der Waals surface area contributed by atoms with Crippen molar-refractivity contribution in [3.8, 4) is 0 Å². The highest BCUT2D eigenvalue weighted by molar-refractivity contribution is 8.17. The van der Waals surface area contributed by atoms with Crippen molar-refractivity contribution < 1.29 is 14.4 Å². The van der Waals surface area contributed by atoms with Gasteiger partial charge in [-0.05, 0) is 141 Å². The van der Waals surface area contributed by atoms with Crippen LogP contribution in [0.3, 0.4) is 0 Å². The quantitative estimate of drug-likeness (QED) is 0.0413. The lowest BCUT2D eigenvalue weighted by Gasteiger charge is -2.58. The molecule has 2 bridgehead atoms. The maximum absolute atomic E-state index is 13.7. The predicted molar refractivity (Wildman–Crippen MR) is 364 cm³/mol. The van der Waals surface area contributed by atoms with Gasteiger partial charge in [0.05, 0.1) is 9.16 Å². The summed E-state index contributed by atoms with van der Waals surface area (Å²) in [4.78, 5) is 39.8. The second-order valence-electron chi connectivity index (χ2n) is 25.6. The molecule has 0 radical (unpaired) electrons. The van der Waals surface area contributed by atoms with E-state index < -0.39 is 0 Å². The van der Waals surface area contributed by atoms with Gasteiger partial charge in [0.15, 0.2) is 0 Å². The average molecular weight is 1190 g/mol. The normalized spacial score (nSPS) is 19.6. The van der Waals surface area contributed by atoms with Crippen LogP contribution in [0.5, 0.6) is 0 Å². The molecule has 4 unspecified atom stereocenters. The van der Waals surface area contributed by atoms with Crippen LogP contribution in [0.1, 0.15) is 346 Å². The van der Waals surface area contributed by atoms with Crippen molar-refractivity contribution in [2.75, 3.05) is 42.6 Å².